The molecular weight excluding hydrogens is 343 g/mol. The van der Waals surface area contributed by atoms with E-state index in [-0.39, 0.29) is 17.3 Å². The second-order valence-corrected chi connectivity index (χ2v) is 7.32. The lowest BCUT2D eigenvalue weighted by Crippen LogP contribution is -2.25. The Morgan fingerprint density at radius 1 is 1.16 bits per heavy atom. The average Bonchev–Trinajstić information content (AvgIpc) is 2.98. The van der Waals surface area contributed by atoms with Crippen molar-refractivity contribution in [1.29, 1.82) is 0 Å². The Kier molecular flexibility index (Phi) is 5.06. The summed E-state index contributed by atoms with van der Waals surface area (Å²) in [6, 6.07) is 10.8. The van der Waals surface area contributed by atoms with Gasteiger partial charge in [0.25, 0.3) is 0 Å². The Morgan fingerprint density at radius 2 is 1.92 bits per heavy atom. The lowest BCUT2D eigenvalue weighted by atomic mass is 10.1. The van der Waals surface area contributed by atoms with Gasteiger partial charge in [-0.3, -0.25) is 0 Å². The van der Waals surface area contributed by atoms with Crippen molar-refractivity contribution in [2.75, 3.05) is 13.2 Å². The van der Waals surface area contributed by atoms with Crippen LogP contribution in [0.25, 0.3) is 10.9 Å². The molecule has 0 aliphatic heterocycles. The molecule has 0 aliphatic rings. The lowest BCUT2D eigenvalue weighted by molar-refractivity contribution is 0.340. The van der Waals surface area contributed by atoms with E-state index in [4.69, 9.17) is 4.74 Å². The zero-order chi connectivity index (χ0) is 17.9. The molecule has 2 N–H and O–H groups in total. The highest BCUT2D eigenvalue weighted by Gasteiger charge is 2.14. The van der Waals surface area contributed by atoms with E-state index in [1.165, 1.54) is 24.3 Å². The van der Waals surface area contributed by atoms with Crippen LogP contribution < -0.4 is 9.46 Å². The number of fused-ring (bicyclic) bond motifs is 1. The highest BCUT2D eigenvalue weighted by Crippen LogP contribution is 2.20. The summed E-state index contributed by atoms with van der Waals surface area (Å²) in [6.45, 7) is 2.61. The van der Waals surface area contributed by atoms with Crippen molar-refractivity contribution < 1.29 is 17.5 Å². The van der Waals surface area contributed by atoms with Gasteiger partial charge >= 0.3 is 0 Å². The van der Waals surface area contributed by atoms with Gasteiger partial charge in [0.05, 0.1) is 11.5 Å². The molecule has 0 aliphatic carbocycles. The number of sulfonamides is 1. The van der Waals surface area contributed by atoms with Crippen LogP contribution >= 0.6 is 0 Å². The van der Waals surface area contributed by atoms with Gasteiger partial charge in [-0.2, -0.15) is 0 Å². The van der Waals surface area contributed by atoms with Crippen LogP contribution in [0, 0.1) is 5.82 Å². The molecule has 3 rings (SSSR count). The maximum atomic E-state index is 13.4. The minimum absolute atomic E-state index is 0.181. The molecule has 0 amide bonds. The van der Waals surface area contributed by atoms with Crippen molar-refractivity contribution in [2.45, 2.75) is 18.2 Å². The number of benzene rings is 2. The minimum Gasteiger partial charge on any atom is -0.494 e. The molecule has 7 heteroatoms. The van der Waals surface area contributed by atoms with Gasteiger partial charge in [0.15, 0.2) is 0 Å². The Morgan fingerprint density at radius 3 is 2.64 bits per heavy atom. The second kappa shape index (κ2) is 7.25. The van der Waals surface area contributed by atoms with Crippen LogP contribution in [0.1, 0.15) is 12.5 Å². The highest BCUT2D eigenvalue weighted by molar-refractivity contribution is 7.89. The van der Waals surface area contributed by atoms with Crippen LogP contribution in [0.3, 0.4) is 0 Å². The third-order valence-corrected chi connectivity index (χ3v) is 5.34. The van der Waals surface area contributed by atoms with E-state index >= 15 is 0 Å². The Labute approximate surface area is 145 Å². The van der Waals surface area contributed by atoms with Crippen LogP contribution in [-0.2, 0) is 16.4 Å². The van der Waals surface area contributed by atoms with Crippen LogP contribution in [0.15, 0.2) is 53.6 Å². The quantitative estimate of drug-likeness (QED) is 0.678. The molecule has 0 saturated carbocycles. The summed E-state index contributed by atoms with van der Waals surface area (Å²) < 4.78 is 45.9. The maximum Gasteiger partial charge on any atom is 0.240 e. The van der Waals surface area contributed by atoms with Crippen molar-refractivity contribution in [3.8, 4) is 5.75 Å². The summed E-state index contributed by atoms with van der Waals surface area (Å²) in [4.78, 5) is 3.24. The monoisotopic (exact) mass is 362 g/mol. The standard InChI is InChI=1S/C18H19FN2O3S/c1-2-24-15-4-6-16(7-5-15)25(22,23)21-10-9-13-12-20-18-8-3-14(19)11-17(13)18/h3-8,11-12,20-21H,2,9-10H2,1H3. The number of nitrogens with one attached hydrogen (secondary N) is 2. The predicted octanol–water partition coefficient (Wildman–Crippen LogP) is 3.23. The summed E-state index contributed by atoms with van der Waals surface area (Å²) in [6.07, 6.45) is 2.23. The van der Waals surface area contributed by atoms with Crippen molar-refractivity contribution in [1.82, 2.24) is 9.71 Å². The minimum atomic E-state index is -3.60. The van der Waals surface area contributed by atoms with Crippen LogP contribution in [0.5, 0.6) is 5.75 Å². The molecule has 0 bridgehead atoms. The van der Waals surface area contributed by atoms with E-state index in [0.717, 1.165) is 16.5 Å². The fourth-order valence-corrected chi connectivity index (χ4v) is 3.67. The van der Waals surface area contributed by atoms with Crippen LogP contribution in [0.4, 0.5) is 4.39 Å². The number of hydrogen-bond acceptors (Lipinski definition) is 3. The molecule has 0 saturated heterocycles. The van der Waals surface area contributed by atoms with Crippen LogP contribution in [0.2, 0.25) is 0 Å². The smallest absolute Gasteiger partial charge is 0.240 e. The van der Waals surface area contributed by atoms with Gasteiger partial charge in [0.1, 0.15) is 11.6 Å². The molecule has 132 valence electrons. The first-order chi connectivity index (χ1) is 12.0. The summed E-state index contributed by atoms with van der Waals surface area (Å²) >= 11 is 0. The summed E-state index contributed by atoms with van der Waals surface area (Å²) in [5, 5.41) is 0.764. The van der Waals surface area contributed by atoms with Crippen molar-refractivity contribution >= 4 is 20.9 Å². The van der Waals surface area contributed by atoms with Gasteiger partial charge in [-0.25, -0.2) is 17.5 Å². The number of rotatable bonds is 7. The summed E-state index contributed by atoms with van der Waals surface area (Å²) in [5.41, 5.74) is 1.69. The normalized spacial score (nSPS) is 11.8. The van der Waals surface area contributed by atoms with E-state index in [2.05, 4.69) is 9.71 Å². The third kappa shape index (κ3) is 4.00. The average molecular weight is 362 g/mol. The second-order valence-electron chi connectivity index (χ2n) is 5.56. The molecule has 2 aromatic carbocycles. The maximum absolute atomic E-state index is 13.4. The Bertz CT molecular complexity index is 966. The van der Waals surface area contributed by atoms with Gasteiger partial charge in [-0.05, 0) is 61.4 Å². The SMILES string of the molecule is CCOc1ccc(S(=O)(=O)NCCc2c[nH]c3ccc(F)cc23)cc1. The molecule has 0 unspecified atom stereocenters. The molecule has 1 heterocycles. The molecular formula is C18H19FN2O3S. The molecule has 0 atom stereocenters. The van der Waals surface area contributed by atoms with Crippen molar-refractivity contribution in [3.63, 3.8) is 0 Å². The molecule has 25 heavy (non-hydrogen) atoms. The van der Waals surface area contributed by atoms with Crippen molar-refractivity contribution in [2.24, 2.45) is 0 Å². The summed E-state index contributed by atoms with van der Waals surface area (Å²) in [7, 11) is -3.60. The largest absolute Gasteiger partial charge is 0.494 e. The number of hydrogen-bond donors (Lipinski definition) is 2. The van der Waals surface area contributed by atoms with Crippen molar-refractivity contribution in [3.05, 3.63) is 60.0 Å². The molecule has 0 radical (unpaired) electrons. The Hall–Kier alpha value is -2.38. The molecule has 5 nitrogen and oxygen atoms in total. The van der Waals surface area contributed by atoms with Gasteiger partial charge in [0.2, 0.25) is 10.0 Å². The number of aromatic amines is 1. The fourth-order valence-electron chi connectivity index (χ4n) is 2.64. The van der Waals surface area contributed by atoms with Gasteiger partial charge in [-0.1, -0.05) is 0 Å². The first kappa shape index (κ1) is 17.4. The first-order valence-electron chi connectivity index (χ1n) is 7.97. The predicted molar refractivity (Wildman–Crippen MR) is 94.8 cm³/mol. The zero-order valence-corrected chi connectivity index (χ0v) is 14.6. The van der Waals surface area contributed by atoms with Gasteiger partial charge in [0, 0.05) is 23.6 Å². The zero-order valence-electron chi connectivity index (χ0n) is 13.8. The number of aromatic nitrogens is 1. The molecule has 1 aromatic heterocycles. The Balaban J connectivity index is 1.66. The van der Waals surface area contributed by atoms with Gasteiger partial charge < -0.3 is 9.72 Å². The lowest BCUT2D eigenvalue weighted by Gasteiger charge is -2.08. The molecule has 3 aromatic rings. The van der Waals surface area contributed by atoms with E-state index in [9.17, 15) is 12.8 Å². The highest BCUT2D eigenvalue weighted by atomic mass is 32.2. The number of H-pyrrole nitrogens is 1. The first-order valence-corrected chi connectivity index (χ1v) is 9.46. The molecule has 0 spiro atoms. The fraction of sp³-hybridized carbons (Fsp3) is 0.222. The number of halogens is 1. The van der Waals surface area contributed by atoms with Crippen LogP contribution in [-0.4, -0.2) is 26.6 Å². The third-order valence-electron chi connectivity index (χ3n) is 3.86. The van der Waals surface area contributed by atoms with E-state index in [0.29, 0.717) is 18.8 Å². The summed E-state index contributed by atoms with van der Waals surface area (Å²) in [5.74, 6) is 0.311. The van der Waals surface area contributed by atoms with E-state index in [1.54, 1.807) is 24.4 Å². The topological polar surface area (TPSA) is 71.2 Å². The van der Waals surface area contributed by atoms with Gasteiger partial charge in [-0.15, -0.1) is 0 Å². The van der Waals surface area contributed by atoms with E-state index in [1.807, 2.05) is 6.92 Å². The number of ether oxygens (including phenoxy) is 1. The van der Waals surface area contributed by atoms with E-state index < -0.39 is 10.0 Å². The molecule has 0 fully saturated rings.